The second-order valence-electron chi connectivity index (χ2n) is 4.74. The maximum atomic E-state index is 2.58. The van der Waals surface area contributed by atoms with Crippen molar-refractivity contribution in [2.75, 3.05) is 26.2 Å². The van der Waals surface area contributed by atoms with Gasteiger partial charge in [-0.15, -0.1) is 0 Å². The third kappa shape index (κ3) is 1.82. The van der Waals surface area contributed by atoms with Crippen LogP contribution in [0.15, 0.2) is 0 Å². The molecule has 0 aromatic carbocycles. The monoisotopic (exact) mass is 176 g/mol. The number of rotatable bonds is 2. The van der Waals surface area contributed by atoms with Crippen LogP contribution < -0.4 is 0 Å². The molecule has 5 heteroatoms. The van der Waals surface area contributed by atoms with E-state index in [1.807, 2.05) is 0 Å². The van der Waals surface area contributed by atoms with Crippen LogP contribution >= 0.6 is 0 Å². The summed E-state index contributed by atoms with van der Waals surface area (Å²) >= 11 is 0. The standard InChI is InChI=1S/C8H19B3N2/c1-10-13-6-8(7-13)2-4-12(11-9)5-3-8/h10-11H,2-7,9H2,1H3. The number of hydrogen-bond acceptors (Lipinski definition) is 2. The van der Waals surface area contributed by atoms with E-state index in [1.54, 1.807) is 0 Å². The van der Waals surface area contributed by atoms with Crippen molar-refractivity contribution in [3.05, 3.63) is 0 Å². The van der Waals surface area contributed by atoms with Crippen LogP contribution in [0, 0.1) is 5.41 Å². The maximum Gasteiger partial charge on any atom is 0.201 e. The van der Waals surface area contributed by atoms with Gasteiger partial charge in [-0.2, -0.15) is 0 Å². The van der Waals surface area contributed by atoms with Gasteiger partial charge < -0.3 is 9.62 Å². The molecule has 0 saturated carbocycles. The third-order valence-corrected chi connectivity index (χ3v) is 3.93. The van der Waals surface area contributed by atoms with Crippen molar-refractivity contribution < 1.29 is 0 Å². The Kier molecular flexibility index (Phi) is 2.75. The molecule has 0 aliphatic carbocycles. The summed E-state index contributed by atoms with van der Waals surface area (Å²) in [4.78, 5) is 5.15. The van der Waals surface area contributed by atoms with Gasteiger partial charge in [0.25, 0.3) is 0 Å². The highest BCUT2D eigenvalue weighted by atomic mass is 15.2. The van der Waals surface area contributed by atoms with Gasteiger partial charge >= 0.3 is 0 Å². The van der Waals surface area contributed by atoms with Crippen LogP contribution in [-0.4, -0.2) is 58.3 Å². The first-order valence-electron chi connectivity index (χ1n) is 5.73. The molecular formula is C8H19B3N2. The molecule has 2 heterocycles. The van der Waals surface area contributed by atoms with Crippen molar-refractivity contribution in [2.45, 2.75) is 19.7 Å². The van der Waals surface area contributed by atoms with E-state index < -0.39 is 0 Å². The summed E-state index contributed by atoms with van der Waals surface area (Å²) in [7, 11) is 4.77. The predicted molar refractivity (Wildman–Crippen MR) is 63.5 cm³/mol. The van der Waals surface area contributed by atoms with Crippen molar-refractivity contribution in [1.82, 2.24) is 9.62 Å². The molecule has 0 radical (unpaired) electrons. The van der Waals surface area contributed by atoms with Gasteiger partial charge in [-0.25, -0.2) is 0 Å². The fraction of sp³-hybridized carbons (Fsp3) is 1.00. The van der Waals surface area contributed by atoms with Gasteiger partial charge in [0.2, 0.25) is 7.41 Å². The van der Waals surface area contributed by atoms with Crippen molar-refractivity contribution in [3.8, 4) is 0 Å². The van der Waals surface area contributed by atoms with E-state index in [1.165, 1.54) is 53.7 Å². The van der Waals surface area contributed by atoms with Gasteiger partial charge in [-0.3, -0.25) is 0 Å². The van der Waals surface area contributed by atoms with Crippen LogP contribution in [0.5, 0.6) is 0 Å². The molecule has 0 aromatic rings. The number of piperidine rings is 1. The van der Waals surface area contributed by atoms with Gasteiger partial charge in [0.15, 0.2) is 7.31 Å². The van der Waals surface area contributed by atoms with Gasteiger partial charge in [0.1, 0.15) is 0 Å². The fourth-order valence-electron chi connectivity index (χ4n) is 2.79. The van der Waals surface area contributed by atoms with Crippen LogP contribution in [0.25, 0.3) is 0 Å². The lowest BCUT2D eigenvalue weighted by Crippen LogP contribution is -2.61. The molecule has 13 heavy (non-hydrogen) atoms. The molecule has 0 atom stereocenters. The Balaban J connectivity index is 1.79. The SMILES string of the molecule is BBN1CCC2(CC1)CN(BC)C2. The molecule has 1 spiro atoms. The first-order valence-corrected chi connectivity index (χ1v) is 5.73. The minimum absolute atomic E-state index is 0.738. The molecule has 2 nitrogen and oxygen atoms in total. The first kappa shape index (κ1) is 9.66. The first-order chi connectivity index (χ1) is 6.28. The predicted octanol–water partition coefficient (Wildman–Crippen LogP) is -1.32. The molecular weight excluding hydrogens is 157 g/mol. The Hall–Kier alpha value is 0.115. The molecule has 0 amide bonds. The highest BCUT2D eigenvalue weighted by Crippen LogP contribution is 2.39. The molecule has 70 valence electrons. The van der Waals surface area contributed by atoms with Crippen molar-refractivity contribution >= 4 is 22.5 Å². The van der Waals surface area contributed by atoms with Crippen LogP contribution in [-0.2, 0) is 0 Å². The van der Waals surface area contributed by atoms with E-state index in [2.05, 4.69) is 24.2 Å². The van der Waals surface area contributed by atoms with Crippen LogP contribution in [0.4, 0.5) is 0 Å². The summed E-state index contributed by atoms with van der Waals surface area (Å²) in [5.74, 6) is 0. The molecule has 0 unspecified atom stereocenters. The second kappa shape index (κ2) is 3.70. The average Bonchev–Trinajstić information content (AvgIpc) is 2.14. The lowest BCUT2D eigenvalue weighted by Gasteiger charge is -2.54. The summed E-state index contributed by atoms with van der Waals surface area (Å²) in [6, 6.07) is 0. The summed E-state index contributed by atoms with van der Waals surface area (Å²) < 4.78 is 0. The molecule has 2 saturated heterocycles. The largest absolute Gasteiger partial charge is 0.353 e. The Morgan fingerprint density at radius 1 is 1.15 bits per heavy atom. The van der Waals surface area contributed by atoms with Gasteiger partial charge in [-0.1, -0.05) is 6.82 Å². The van der Waals surface area contributed by atoms with Crippen LogP contribution in [0.3, 0.4) is 0 Å². The Morgan fingerprint density at radius 2 is 1.77 bits per heavy atom. The molecule has 2 aliphatic heterocycles. The third-order valence-electron chi connectivity index (χ3n) is 3.93. The van der Waals surface area contributed by atoms with Gasteiger partial charge in [0, 0.05) is 0 Å². The maximum absolute atomic E-state index is 2.58. The summed E-state index contributed by atoms with van der Waals surface area (Å²) in [6.45, 7) is 7.71. The fourth-order valence-corrected chi connectivity index (χ4v) is 2.79. The Labute approximate surface area is 84.0 Å². The topological polar surface area (TPSA) is 6.48 Å². The normalized spacial score (nSPS) is 28.4. The van der Waals surface area contributed by atoms with Crippen molar-refractivity contribution in [2.24, 2.45) is 5.41 Å². The van der Waals surface area contributed by atoms with E-state index in [0.717, 1.165) is 5.41 Å². The quantitative estimate of drug-likeness (QED) is 0.481. The lowest BCUT2D eigenvalue weighted by molar-refractivity contribution is 0.0184. The summed E-state index contributed by atoms with van der Waals surface area (Å²) in [6.07, 6.45) is 2.88. The molecule has 2 aliphatic rings. The zero-order valence-electron chi connectivity index (χ0n) is 9.05. The Morgan fingerprint density at radius 3 is 2.23 bits per heavy atom. The van der Waals surface area contributed by atoms with Gasteiger partial charge in [-0.05, 0) is 44.4 Å². The highest BCUT2D eigenvalue weighted by molar-refractivity contribution is 6.87. The van der Waals surface area contributed by atoms with E-state index in [9.17, 15) is 0 Å². The Bertz CT molecular complexity index is 172. The summed E-state index contributed by atoms with van der Waals surface area (Å²) in [5.41, 5.74) is 0.738. The van der Waals surface area contributed by atoms with Gasteiger partial charge in [0.05, 0.1) is 7.74 Å². The van der Waals surface area contributed by atoms with E-state index in [-0.39, 0.29) is 0 Å². The highest BCUT2D eigenvalue weighted by Gasteiger charge is 2.43. The minimum Gasteiger partial charge on any atom is -0.353 e. The van der Waals surface area contributed by atoms with Crippen molar-refractivity contribution in [3.63, 3.8) is 0 Å². The molecule has 2 rings (SSSR count). The zero-order chi connectivity index (χ0) is 9.31. The van der Waals surface area contributed by atoms with E-state index >= 15 is 0 Å². The molecule has 0 N–H and O–H groups in total. The lowest BCUT2D eigenvalue weighted by atomic mass is 9.61. The minimum atomic E-state index is 0.738. The van der Waals surface area contributed by atoms with Crippen molar-refractivity contribution in [1.29, 1.82) is 0 Å². The smallest absolute Gasteiger partial charge is 0.201 e. The van der Waals surface area contributed by atoms with E-state index in [0.29, 0.717) is 0 Å². The number of nitrogens with zero attached hydrogens (tertiary/aromatic N) is 2. The zero-order valence-corrected chi connectivity index (χ0v) is 9.05. The average molecular weight is 176 g/mol. The molecule has 0 aromatic heterocycles. The van der Waals surface area contributed by atoms with Crippen LogP contribution in [0.1, 0.15) is 12.8 Å². The summed E-state index contributed by atoms with van der Waals surface area (Å²) in [5, 5.41) is 0. The number of hydrogen-bond donors (Lipinski definition) is 0. The van der Waals surface area contributed by atoms with Crippen LogP contribution in [0.2, 0.25) is 6.82 Å². The van der Waals surface area contributed by atoms with E-state index in [4.69, 9.17) is 0 Å². The second-order valence-corrected chi connectivity index (χ2v) is 4.74. The molecule has 2 fully saturated rings. The molecule has 0 bridgehead atoms.